The monoisotopic (exact) mass is 270 g/mol. The molecule has 0 radical (unpaired) electrons. The van der Waals surface area contributed by atoms with Crippen molar-refractivity contribution >= 4 is 10.1 Å². The van der Waals surface area contributed by atoms with Gasteiger partial charge in [0.2, 0.25) is 0 Å². The van der Waals surface area contributed by atoms with Crippen LogP contribution in [0.25, 0.3) is 0 Å². The number of hydrogen-bond donors (Lipinski definition) is 0. The summed E-state index contributed by atoms with van der Waals surface area (Å²) in [6.07, 6.45) is 2.59. The summed E-state index contributed by atoms with van der Waals surface area (Å²) in [6, 6.07) is 0. The quantitative estimate of drug-likeness (QED) is 0.440. The second-order valence-corrected chi connectivity index (χ2v) is 6.27. The van der Waals surface area contributed by atoms with Gasteiger partial charge in [0.1, 0.15) is 5.60 Å². The van der Waals surface area contributed by atoms with Gasteiger partial charge in [0.25, 0.3) is 0 Å². The predicted octanol–water partition coefficient (Wildman–Crippen LogP) is 2.74. The first kappa shape index (κ1) is 12.9. The van der Waals surface area contributed by atoms with Gasteiger partial charge in [-0.05, 0) is 43.6 Å². The molecule has 0 aromatic rings. The van der Waals surface area contributed by atoms with E-state index in [1.54, 1.807) is 0 Å². The lowest BCUT2D eigenvalue weighted by molar-refractivity contribution is -0.0702. The van der Waals surface area contributed by atoms with Crippen molar-refractivity contribution in [3.8, 4) is 0 Å². The summed E-state index contributed by atoms with van der Waals surface area (Å²) in [7, 11) is -5.54. The molecule has 0 aromatic carbocycles. The van der Waals surface area contributed by atoms with Crippen LogP contribution in [0.15, 0.2) is 12.2 Å². The molecule has 0 aromatic heterocycles. The van der Waals surface area contributed by atoms with Gasteiger partial charge in [0, 0.05) is 0 Å². The van der Waals surface area contributed by atoms with Crippen molar-refractivity contribution in [2.45, 2.75) is 43.2 Å². The molecule has 0 atom stereocenters. The van der Waals surface area contributed by atoms with E-state index in [1.165, 1.54) is 0 Å². The minimum absolute atomic E-state index is 0.311. The SMILES string of the molecule is C=C1CC2CCC1(OS(=O)(=O)C(F)(F)F)CC2. The van der Waals surface area contributed by atoms with Gasteiger partial charge in [0.15, 0.2) is 0 Å². The van der Waals surface area contributed by atoms with Crippen LogP contribution in [0, 0.1) is 5.92 Å². The lowest BCUT2D eigenvalue weighted by Crippen LogP contribution is -2.47. The highest BCUT2D eigenvalue weighted by Gasteiger charge is 2.55. The Morgan fingerprint density at radius 3 is 2.24 bits per heavy atom. The number of alkyl halides is 3. The lowest BCUT2D eigenvalue weighted by Gasteiger charge is -2.46. The maximum Gasteiger partial charge on any atom is 0.523 e. The van der Waals surface area contributed by atoms with Crippen molar-refractivity contribution in [2.75, 3.05) is 0 Å². The Hall–Kier alpha value is -0.560. The van der Waals surface area contributed by atoms with E-state index in [-0.39, 0.29) is 0 Å². The van der Waals surface area contributed by atoms with Gasteiger partial charge in [-0.3, -0.25) is 4.18 Å². The molecule has 0 aliphatic heterocycles. The molecule has 3 fully saturated rings. The molecule has 3 saturated carbocycles. The van der Waals surface area contributed by atoms with Gasteiger partial charge in [-0.1, -0.05) is 6.58 Å². The highest BCUT2D eigenvalue weighted by Crippen LogP contribution is 2.50. The summed E-state index contributed by atoms with van der Waals surface area (Å²) in [6.45, 7) is 3.68. The second kappa shape index (κ2) is 3.71. The van der Waals surface area contributed by atoms with Gasteiger partial charge in [0.05, 0.1) is 0 Å². The number of rotatable bonds is 2. The van der Waals surface area contributed by atoms with Crippen LogP contribution in [0.3, 0.4) is 0 Å². The van der Waals surface area contributed by atoms with Gasteiger partial charge in [-0.15, -0.1) is 0 Å². The Morgan fingerprint density at radius 1 is 1.29 bits per heavy atom. The average Bonchev–Trinajstić information content (AvgIpc) is 2.18. The zero-order valence-corrected chi connectivity index (χ0v) is 9.90. The molecule has 0 spiro atoms. The maximum absolute atomic E-state index is 12.3. The van der Waals surface area contributed by atoms with Crippen molar-refractivity contribution in [1.82, 2.24) is 0 Å². The zero-order chi connectivity index (χ0) is 12.9. The first-order valence-corrected chi connectivity index (χ1v) is 6.77. The fraction of sp³-hybridized carbons (Fsp3) is 0.800. The molecular formula is C10H13F3O3S. The molecule has 0 amide bonds. The fourth-order valence-electron chi connectivity index (χ4n) is 2.64. The number of hydrogen-bond acceptors (Lipinski definition) is 3. The van der Waals surface area contributed by atoms with E-state index in [0.717, 1.165) is 0 Å². The van der Waals surface area contributed by atoms with Gasteiger partial charge in [-0.2, -0.15) is 21.6 Å². The van der Waals surface area contributed by atoms with Crippen molar-refractivity contribution in [1.29, 1.82) is 0 Å². The standard InChI is InChI=1S/C10H13F3O3S/c1-7-6-8-2-4-9(7,5-3-8)16-17(14,15)10(11,12)13/h8H,1-6H2. The van der Waals surface area contributed by atoms with E-state index in [4.69, 9.17) is 0 Å². The number of halogens is 3. The summed E-state index contributed by atoms with van der Waals surface area (Å²) < 4.78 is 63.5. The molecule has 0 N–H and O–H groups in total. The Bertz CT molecular complexity index is 430. The molecule has 0 heterocycles. The highest BCUT2D eigenvalue weighted by atomic mass is 32.2. The first-order valence-electron chi connectivity index (χ1n) is 5.36. The first-order chi connectivity index (χ1) is 7.66. The van der Waals surface area contributed by atoms with Crippen LogP contribution in [0.5, 0.6) is 0 Å². The zero-order valence-electron chi connectivity index (χ0n) is 9.09. The summed E-state index contributed by atoms with van der Waals surface area (Å²) in [5.74, 6) is 0.418. The molecule has 3 nitrogen and oxygen atoms in total. The van der Waals surface area contributed by atoms with Crippen LogP contribution >= 0.6 is 0 Å². The predicted molar refractivity (Wildman–Crippen MR) is 54.5 cm³/mol. The minimum Gasteiger partial charge on any atom is -0.252 e. The molecule has 98 valence electrons. The Labute approximate surface area is 97.8 Å². The fourth-order valence-corrected chi connectivity index (χ4v) is 3.43. The maximum atomic E-state index is 12.3. The summed E-state index contributed by atoms with van der Waals surface area (Å²) in [5, 5.41) is 0. The van der Waals surface area contributed by atoms with Crippen LogP contribution in [0.1, 0.15) is 32.1 Å². The van der Waals surface area contributed by atoms with Crippen LogP contribution in [-0.4, -0.2) is 19.5 Å². The molecule has 3 rings (SSSR count). The molecule has 3 aliphatic carbocycles. The highest BCUT2D eigenvalue weighted by molar-refractivity contribution is 7.87. The molecule has 3 aliphatic rings. The van der Waals surface area contributed by atoms with Crippen LogP contribution in [0.2, 0.25) is 0 Å². The molecular weight excluding hydrogens is 257 g/mol. The minimum atomic E-state index is -5.54. The molecule has 7 heteroatoms. The third-order valence-corrected chi connectivity index (χ3v) is 4.75. The average molecular weight is 270 g/mol. The van der Waals surface area contributed by atoms with E-state index in [2.05, 4.69) is 10.8 Å². The van der Waals surface area contributed by atoms with Gasteiger partial charge < -0.3 is 0 Å². The lowest BCUT2D eigenvalue weighted by atomic mass is 9.65. The molecule has 0 unspecified atom stereocenters. The van der Waals surface area contributed by atoms with E-state index in [1.807, 2.05) is 0 Å². The van der Waals surface area contributed by atoms with E-state index in [9.17, 15) is 21.6 Å². The Kier molecular flexibility index (Phi) is 2.82. The third kappa shape index (κ3) is 2.10. The molecule has 17 heavy (non-hydrogen) atoms. The topological polar surface area (TPSA) is 43.4 Å². The Balaban J connectivity index is 2.26. The van der Waals surface area contributed by atoms with E-state index in [0.29, 0.717) is 43.6 Å². The van der Waals surface area contributed by atoms with Crippen LogP contribution in [-0.2, 0) is 14.3 Å². The van der Waals surface area contributed by atoms with E-state index >= 15 is 0 Å². The van der Waals surface area contributed by atoms with Gasteiger partial charge in [-0.25, -0.2) is 0 Å². The molecule has 2 bridgehead atoms. The number of fused-ring (bicyclic) bond motifs is 3. The molecule has 0 saturated heterocycles. The smallest absolute Gasteiger partial charge is 0.252 e. The van der Waals surface area contributed by atoms with Crippen molar-refractivity contribution < 1.29 is 25.8 Å². The summed E-state index contributed by atoms with van der Waals surface area (Å²) in [4.78, 5) is 0. The van der Waals surface area contributed by atoms with Crippen LogP contribution < -0.4 is 0 Å². The van der Waals surface area contributed by atoms with E-state index < -0.39 is 21.2 Å². The van der Waals surface area contributed by atoms with Crippen LogP contribution in [0.4, 0.5) is 13.2 Å². The van der Waals surface area contributed by atoms with Gasteiger partial charge >= 0.3 is 15.6 Å². The van der Waals surface area contributed by atoms with Crippen molar-refractivity contribution in [2.24, 2.45) is 5.92 Å². The Morgan fingerprint density at radius 2 is 1.82 bits per heavy atom. The second-order valence-electron chi connectivity index (χ2n) is 4.73. The largest absolute Gasteiger partial charge is 0.523 e. The van der Waals surface area contributed by atoms with Crippen molar-refractivity contribution in [3.63, 3.8) is 0 Å². The van der Waals surface area contributed by atoms with Crippen molar-refractivity contribution in [3.05, 3.63) is 12.2 Å². The normalized spacial score (nSPS) is 34.1. The third-order valence-electron chi connectivity index (χ3n) is 3.64. The summed E-state index contributed by atoms with van der Waals surface area (Å²) >= 11 is 0. The summed E-state index contributed by atoms with van der Waals surface area (Å²) in [5.41, 5.74) is -6.20.